The van der Waals surface area contributed by atoms with Gasteiger partial charge in [-0.05, 0) is 55.0 Å². The first-order chi connectivity index (χ1) is 12.1. The summed E-state index contributed by atoms with van der Waals surface area (Å²) in [5.74, 6) is -1.31. The summed E-state index contributed by atoms with van der Waals surface area (Å²) in [6.45, 7) is 1.50. The smallest absolute Gasteiger partial charge is 0.262 e. The van der Waals surface area contributed by atoms with Crippen LogP contribution in [-0.4, -0.2) is 28.5 Å². The number of amides is 1. The minimum absolute atomic E-state index is 0.0744. The van der Waals surface area contributed by atoms with Crippen molar-refractivity contribution in [2.75, 3.05) is 14.8 Å². The van der Waals surface area contributed by atoms with Crippen molar-refractivity contribution in [3.63, 3.8) is 0 Å². The van der Waals surface area contributed by atoms with E-state index in [1.807, 2.05) is 0 Å². The molecule has 0 aliphatic carbocycles. The van der Waals surface area contributed by atoms with Gasteiger partial charge in [0.1, 0.15) is 5.82 Å². The molecule has 1 amide bonds. The fourth-order valence-corrected chi connectivity index (χ4v) is 5.40. The first kappa shape index (κ1) is 18.3. The Kier molecular flexibility index (Phi) is 4.49. The van der Waals surface area contributed by atoms with Crippen LogP contribution in [0.4, 0.5) is 15.8 Å². The summed E-state index contributed by atoms with van der Waals surface area (Å²) in [6, 6.07) is 8.65. The molecule has 1 fully saturated rings. The molecule has 10 heteroatoms. The molecule has 3 rings (SSSR count). The van der Waals surface area contributed by atoms with Crippen LogP contribution in [0.5, 0.6) is 0 Å². The Labute approximate surface area is 150 Å². The molecule has 1 aliphatic rings. The maximum Gasteiger partial charge on any atom is 0.262 e. The van der Waals surface area contributed by atoms with Crippen molar-refractivity contribution in [2.45, 2.75) is 18.2 Å². The number of hydrogen-bond donors (Lipinski definition) is 1. The first-order valence-corrected chi connectivity index (χ1v) is 10.6. The van der Waals surface area contributed by atoms with Crippen LogP contribution in [0.1, 0.15) is 12.0 Å². The fraction of sp³-hybridized carbons (Fsp3) is 0.188. The lowest BCUT2D eigenvalue weighted by Gasteiger charge is -2.17. The Balaban J connectivity index is 1.94. The van der Waals surface area contributed by atoms with E-state index in [-0.39, 0.29) is 34.0 Å². The van der Waals surface area contributed by atoms with Crippen molar-refractivity contribution in [1.29, 1.82) is 0 Å². The van der Waals surface area contributed by atoms with E-state index in [2.05, 4.69) is 4.72 Å². The van der Waals surface area contributed by atoms with Crippen LogP contribution in [0.2, 0.25) is 0 Å². The molecule has 0 saturated carbocycles. The molecule has 0 atom stereocenters. The molecule has 1 aliphatic heterocycles. The van der Waals surface area contributed by atoms with Crippen molar-refractivity contribution < 1.29 is 26.0 Å². The van der Waals surface area contributed by atoms with Gasteiger partial charge in [0.15, 0.2) is 0 Å². The standard InChI is InChI=1S/C16H15FN2O5S2/c1-11-10-14(19-16(20)8-9-25(19,21)22)6-7-15(11)26(23,24)18-13-4-2-12(17)3-5-13/h2-7,10,18H,8-9H2,1H3. The molecule has 0 spiro atoms. The van der Waals surface area contributed by atoms with E-state index in [1.54, 1.807) is 0 Å². The lowest BCUT2D eigenvalue weighted by molar-refractivity contribution is -0.116. The van der Waals surface area contributed by atoms with Gasteiger partial charge in [0, 0.05) is 12.1 Å². The second-order valence-corrected chi connectivity index (χ2v) is 9.37. The lowest BCUT2D eigenvalue weighted by atomic mass is 10.2. The van der Waals surface area contributed by atoms with Crippen molar-refractivity contribution in [2.24, 2.45) is 0 Å². The number of anilines is 2. The highest BCUT2D eigenvalue weighted by Gasteiger charge is 2.36. The van der Waals surface area contributed by atoms with Gasteiger partial charge in [-0.15, -0.1) is 0 Å². The van der Waals surface area contributed by atoms with E-state index in [4.69, 9.17) is 0 Å². The zero-order valence-corrected chi connectivity index (χ0v) is 15.3. The average Bonchev–Trinajstić information content (AvgIpc) is 2.82. The molecule has 2 aromatic rings. The van der Waals surface area contributed by atoms with Crippen LogP contribution >= 0.6 is 0 Å². The Morgan fingerprint density at radius 2 is 1.77 bits per heavy atom. The number of nitrogens with one attached hydrogen (secondary N) is 1. The molecule has 0 bridgehead atoms. The van der Waals surface area contributed by atoms with Crippen molar-refractivity contribution in [3.8, 4) is 0 Å². The van der Waals surface area contributed by atoms with Crippen molar-refractivity contribution >= 4 is 37.3 Å². The van der Waals surface area contributed by atoms with Gasteiger partial charge in [0.05, 0.1) is 16.3 Å². The maximum atomic E-state index is 12.9. The largest absolute Gasteiger partial charge is 0.280 e. The molecule has 7 nitrogen and oxygen atoms in total. The van der Waals surface area contributed by atoms with Crippen LogP contribution in [0, 0.1) is 12.7 Å². The third kappa shape index (κ3) is 3.42. The monoisotopic (exact) mass is 398 g/mol. The van der Waals surface area contributed by atoms with Crippen LogP contribution in [-0.2, 0) is 24.8 Å². The maximum absolute atomic E-state index is 12.9. The number of benzene rings is 2. The molecule has 0 radical (unpaired) electrons. The van der Waals surface area contributed by atoms with Gasteiger partial charge < -0.3 is 0 Å². The summed E-state index contributed by atoms with van der Waals surface area (Å²) in [6.07, 6.45) is -0.104. The quantitative estimate of drug-likeness (QED) is 0.849. The zero-order valence-electron chi connectivity index (χ0n) is 13.6. The van der Waals surface area contributed by atoms with Gasteiger partial charge in [-0.25, -0.2) is 25.5 Å². The van der Waals surface area contributed by atoms with E-state index in [9.17, 15) is 26.0 Å². The average molecular weight is 398 g/mol. The van der Waals surface area contributed by atoms with Gasteiger partial charge >= 0.3 is 0 Å². The molecule has 26 heavy (non-hydrogen) atoms. The summed E-state index contributed by atoms with van der Waals surface area (Å²) in [7, 11) is -7.69. The number of carbonyl (C=O) groups is 1. The highest BCUT2D eigenvalue weighted by molar-refractivity contribution is 7.94. The second-order valence-electron chi connectivity index (χ2n) is 5.79. The lowest BCUT2D eigenvalue weighted by Crippen LogP contribution is -2.29. The predicted molar refractivity (Wildman–Crippen MR) is 94.3 cm³/mol. The zero-order chi connectivity index (χ0) is 19.1. The topological polar surface area (TPSA) is 101 Å². The second kappa shape index (κ2) is 6.36. The van der Waals surface area contributed by atoms with Gasteiger partial charge in [-0.2, -0.15) is 0 Å². The van der Waals surface area contributed by atoms with Crippen LogP contribution in [0.25, 0.3) is 0 Å². The highest BCUT2D eigenvalue weighted by atomic mass is 32.2. The van der Waals surface area contributed by atoms with Crippen LogP contribution in [0.3, 0.4) is 0 Å². The van der Waals surface area contributed by atoms with Gasteiger partial charge in [-0.1, -0.05) is 0 Å². The molecule has 1 N–H and O–H groups in total. The van der Waals surface area contributed by atoms with E-state index in [0.717, 1.165) is 12.1 Å². The highest BCUT2D eigenvalue weighted by Crippen LogP contribution is 2.29. The number of nitrogens with zero attached hydrogens (tertiary/aromatic N) is 1. The normalized spacial score (nSPS) is 16.7. The Morgan fingerprint density at radius 1 is 1.12 bits per heavy atom. The minimum atomic E-state index is -3.96. The van der Waals surface area contributed by atoms with Crippen molar-refractivity contribution in [1.82, 2.24) is 0 Å². The summed E-state index contributed by atoms with van der Waals surface area (Å²) >= 11 is 0. The number of hydrogen-bond acceptors (Lipinski definition) is 5. The molecule has 0 unspecified atom stereocenters. The van der Waals surface area contributed by atoms with E-state index in [1.165, 1.54) is 37.3 Å². The summed E-state index contributed by atoms with van der Waals surface area (Å²) in [5, 5.41) is 0. The molecule has 138 valence electrons. The SMILES string of the molecule is Cc1cc(N2C(=O)CCS2(=O)=O)ccc1S(=O)(=O)Nc1ccc(F)cc1. The van der Waals surface area contributed by atoms with Gasteiger partial charge in [-0.3, -0.25) is 9.52 Å². The summed E-state index contributed by atoms with van der Waals surface area (Å²) in [5.41, 5.74) is 0.560. The Morgan fingerprint density at radius 3 is 2.31 bits per heavy atom. The third-order valence-corrected chi connectivity index (χ3v) is 7.09. The van der Waals surface area contributed by atoms with Crippen molar-refractivity contribution in [3.05, 3.63) is 53.8 Å². The number of carbonyl (C=O) groups excluding carboxylic acids is 1. The number of rotatable bonds is 4. The number of sulfonamides is 2. The number of aryl methyl sites for hydroxylation is 1. The Bertz CT molecular complexity index is 1080. The van der Waals surface area contributed by atoms with Crippen LogP contribution < -0.4 is 9.03 Å². The van der Waals surface area contributed by atoms with E-state index in [0.29, 0.717) is 4.31 Å². The molecule has 1 saturated heterocycles. The van der Waals surface area contributed by atoms with E-state index >= 15 is 0 Å². The predicted octanol–water partition coefficient (Wildman–Crippen LogP) is 2.00. The van der Waals surface area contributed by atoms with E-state index < -0.39 is 31.8 Å². The van der Waals surface area contributed by atoms with Crippen LogP contribution in [0.15, 0.2) is 47.4 Å². The van der Waals surface area contributed by atoms with Gasteiger partial charge in [0.2, 0.25) is 15.9 Å². The minimum Gasteiger partial charge on any atom is -0.280 e. The Hall–Kier alpha value is -2.46. The first-order valence-electron chi connectivity index (χ1n) is 7.55. The third-order valence-electron chi connectivity index (χ3n) is 3.86. The molecule has 2 aromatic carbocycles. The molecule has 0 aromatic heterocycles. The molecular formula is C16H15FN2O5S2. The fourth-order valence-electron chi connectivity index (χ4n) is 2.66. The summed E-state index contributed by atoms with van der Waals surface area (Å²) in [4.78, 5) is 11.8. The van der Waals surface area contributed by atoms with Gasteiger partial charge in [0.25, 0.3) is 10.0 Å². The molecule has 1 heterocycles. The number of halogens is 1. The molecular weight excluding hydrogens is 383 g/mol. The summed E-state index contributed by atoms with van der Waals surface area (Å²) < 4.78 is 65.0.